The number of rotatable bonds is 10. The van der Waals surface area contributed by atoms with E-state index in [1.165, 1.54) is 22.8 Å². The molecule has 53 heavy (non-hydrogen) atoms. The van der Waals surface area contributed by atoms with Gasteiger partial charge in [0.25, 0.3) is 0 Å². The van der Waals surface area contributed by atoms with E-state index in [0.29, 0.717) is 5.69 Å². The van der Waals surface area contributed by atoms with E-state index in [1.807, 2.05) is 59.0 Å². The molecule has 5 nitrogen and oxygen atoms in total. The largest absolute Gasteiger partial charge is 0.512 e. The van der Waals surface area contributed by atoms with E-state index in [-0.39, 0.29) is 54.3 Å². The second kappa shape index (κ2) is 19.4. The molecule has 0 saturated heterocycles. The molecule has 0 saturated carbocycles. The van der Waals surface area contributed by atoms with Crippen molar-refractivity contribution in [1.29, 1.82) is 0 Å². The van der Waals surface area contributed by atoms with Crippen LogP contribution in [0.3, 0.4) is 0 Å². The van der Waals surface area contributed by atoms with Crippen molar-refractivity contribution in [3.8, 4) is 33.8 Å². The predicted molar refractivity (Wildman–Crippen MR) is 219 cm³/mol. The van der Waals surface area contributed by atoms with E-state index < -0.39 is 0 Å². The first-order valence-corrected chi connectivity index (χ1v) is 18.8. The number of hydrogen-bond acceptors (Lipinski definition) is 4. The maximum atomic E-state index is 11.7. The number of aromatic nitrogens is 2. The number of ketones is 1. The summed E-state index contributed by atoms with van der Waals surface area (Å²) >= 11 is 0. The Morgan fingerprint density at radius 2 is 1.43 bits per heavy atom. The monoisotopic (exact) mass is 891 g/mol. The number of aliphatic hydroxyl groups excluding tert-OH is 1. The number of aryl methyl sites for hydroxylation is 2. The van der Waals surface area contributed by atoms with Crippen molar-refractivity contribution >= 4 is 11.5 Å². The molecule has 0 aliphatic carbocycles. The number of aliphatic hydroxyl groups is 1. The molecule has 6 heteroatoms. The Bertz CT molecular complexity index is 1930. The Kier molecular flexibility index (Phi) is 16.6. The molecule has 0 fully saturated rings. The van der Waals surface area contributed by atoms with Gasteiger partial charge in [-0.15, -0.1) is 34.9 Å². The average Bonchev–Trinajstić information content (AvgIpc) is 3.08. The van der Waals surface area contributed by atoms with Gasteiger partial charge in [0.1, 0.15) is 0 Å². The number of allylic oxidation sites excluding steroid dienone is 2. The molecule has 3 aromatic carbocycles. The fourth-order valence-corrected chi connectivity index (χ4v) is 6.35. The van der Waals surface area contributed by atoms with Crippen LogP contribution in [-0.2, 0) is 35.7 Å². The maximum absolute atomic E-state index is 11.7. The van der Waals surface area contributed by atoms with E-state index in [2.05, 4.69) is 96.6 Å². The topological polar surface area (TPSA) is 67.4 Å². The first-order valence-electron chi connectivity index (χ1n) is 18.8. The summed E-state index contributed by atoms with van der Waals surface area (Å²) in [6.07, 6.45) is 6.74. The molecule has 0 spiro atoms. The van der Waals surface area contributed by atoms with Gasteiger partial charge in [0.05, 0.1) is 23.7 Å². The van der Waals surface area contributed by atoms with Crippen LogP contribution in [0.1, 0.15) is 123 Å². The molecule has 0 bridgehead atoms. The summed E-state index contributed by atoms with van der Waals surface area (Å²) in [5, 5.41) is 9.76. The van der Waals surface area contributed by atoms with Gasteiger partial charge in [0.15, 0.2) is 11.5 Å². The fourth-order valence-electron chi connectivity index (χ4n) is 6.35. The molecule has 0 aliphatic heterocycles. The van der Waals surface area contributed by atoms with Crippen LogP contribution >= 0.6 is 0 Å². The van der Waals surface area contributed by atoms with Crippen molar-refractivity contribution in [1.82, 2.24) is 9.97 Å². The van der Waals surface area contributed by atoms with Crippen LogP contribution in [0.2, 0.25) is 0 Å². The van der Waals surface area contributed by atoms with Gasteiger partial charge in [0.2, 0.25) is 0 Å². The van der Waals surface area contributed by atoms with Crippen LogP contribution in [0.4, 0.5) is 5.69 Å². The van der Waals surface area contributed by atoms with Crippen molar-refractivity contribution in [2.75, 3.05) is 0 Å². The first-order chi connectivity index (χ1) is 24.4. The van der Waals surface area contributed by atoms with Gasteiger partial charge in [-0.1, -0.05) is 112 Å². The zero-order chi connectivity index (χ0) is 39.0. The minimum absolute atomic E-state index is 0. The standard InChI is InChI=1S/C34H36N3.C13H24O2.Ir/c1-21-14-24(18-26(16-21)33(4,5)6)31-32(25-15-22(2)17-27(19-25)34(7,8)9)37-30(20-36-31)28-12-11-13-29(35-10)23(28)3;1-5-10(6-2)12(14)9-13(15)11(7-3)8-4;/h11-13,15-20H,1-9H3;9-11,14H,5-8H2,1-4H3;/q-1;;. The summed E-state index contributed by atoms with van der Waals surface area (Å²) in [5.74, 6) is 0.547. The quantitative estimate of drug-likeness (QED) is 0.0978. The van der Waals surface area contributed by atoms with Crippen molar-refractivity contribution in [2.24, 2.45) is 11.8 Å². The van der Waals surface area contributed by atoms with Crippen LogP contribution < -0.4 is 0 Å². The molecule has 0 aliphatic rings. The molecule has 1 aromatic heterocycles. The summed E-state index contributed by atoms with van der Waals surface area (Å²) in [6.45, 7) is 35.2. The number of benzene rings is 3. The zero-order valence-corrected chi connectivity index (χ0v) is 36.7. The van der Waals surface area contributed by atoms with Crippen molar-refractivity contribution < 1.29 is 30.0 Å². The number of hydrogen-bond donors (Lipinski definition) is 1. The molecule has 1 N–H and O–H groups in total. The number of nitrogens with zero attached hydrogens (tertiary/aromatic N) is 3. The van der Waals surface area contributed by atoms with Crippen LogP contribution in [0.15, 0.2) is 66.6 Å². The predicted octanol–water partition coefficient (Wildman–Crippen LogP) is 13.2. The number of carbonyl (C=O) groups excluding carboxylic acids is 1. The maximum Gasteiger partial charge on any atom is 0.190 e. The van der Waals surface area contributed by atoms with E-state index in [4.69, 9.17) is 16.5 Å². The third-order valence-corrected chi connectivity index (χ3v) is 9.90. The van der Waals surface area contributed by atoms with Crippen LogP contribution in [-0.4, -0.2) is 20.9 Å². The molecule has 0 unspecified atom stereocenters. The first kappa shape index (κ1) is 45.2. The molecule has 0 atom stereocenters. The Morgan fingerprint density at radius 1 is 0.849 bits per heavy atom. The third-order valence-electron chi connectivity index (χ3n) is 9.90. The van der Waals surface area contributed by atoms with Gasteiger partial charge in [-0.3, -0.25) is 9.78 Å². The molecule has 1 heterocycles. The Labute approximate surface area is 334 Å². The second-order valence-electron chi connectivity index (χ2n) is 16.1. The SMILES string of the molecule is CCC(CC)C(=O)C=C(O)C(CC)CC.[C-]#[N+]c1cccc(-c2cnc(-c3[c-]c(C)cc(C(C)(C)C)c3)c(-c3cc(C)cc(C(C)(C)C)c3)n2)c1C.[Ir]. The summed E-state index contributed by atoms with van der Waals surface area (Å²) in [4.78, 5) is 25.6. The van der Waals surface area contributed by atoms with Crippen molar-refractivity contribution in [3.05, 3.63) is 112 Å². The van der Waals surface area contributed by atoms with E-state index in [9.17, 15) is 9.90 Å². The zero-order valence-electron chi connectivity index (χ0n) is 34.3. The summed E-state index contributed by atoms with van der Waals surface area (Å²) in [5.41, 5.74) is 11.7. The Hall–Kier alpha value is -3.91. The van der Waals surface area contributed by atoms with Gasteiger partial charge < -0.3 is 10.1 Å². The summed E-state index contributed by atoms with van der Waals surface area (Å²) < 4.78 is 0. The van der Waals surface area contributed by atoms with E-state index in [1.54, 1.807) is 0 Å². The molecule has 1 radical (unpaired) electrons. The molecule has 285 valence electrons. The Balaban J connectivity index is 0.000000516. The fraction of sp³-hybridized carbons (Fsp3) is 0.447. The normalized spacial score (nSPS) is 11.8. The van der Waals surface area contributed by atoms with Crippen molar-refractivity contribution in [3.63, 3.8) is 0 Å². The molecular weight excluding hydrogens is 831 g/mol. The number of carbonyl (C=O) groups is 1. The second-order valence-corrected chi connectivity index (χ2v) is 16.1. The van der Waals surface area contributed by atoms with Gasteiger partial charge in [-0.2, -0.15) is 0 Å². The molecule has 4 aromatic rings. The van der Waals surface area contributed by atoms with Crippen LogP contribution in [0.5, 0.6) is 0 Å². The Morgan fingerprint density at radius 3 is 1.98 bits per heavy atom. The minimum Gasteiger partial charge on any atom is -0.512 e. The molecule has 4 rings (SSSR count). The van der Waals surface area contributed by atoms with E-state index >= 15 is 0 Å². The summed E-state index contributed by atoms with van der Waals surface area (Å²) in [6, 6.07) is 20.4. The summed E-state index contributed by atoms with van der Waals surface area (Å²) in [7, 11) is 0. The smallest absolute Gasteiger partial charge is 0.190 e. The average molecular weight is 891 g/mol. The van der Waals surface area contributed by atoms with Gasteiger partial charge in [-0.25, -0.2) is 4.85 Å². The molecule has 0 amide bonds. The van der Waals surface area contributed by atoms with E-state index in [0.717, 1.165) is 70.6 Å². The van der Waals surface area contributed by atoms with Crippen LogP contribution in [0, 0.1) is 45.2 Å². The van der Waals surface area contributed by atoms with Gasteiger partial charge in [-0.05, 0) is 78.7 Å². The van der Waals surface area contributed by atoms with Crippen molar-refractivity contribution in [2.45, 2.75) is 127 Å². The van der Waals surface area contributed by atoms with Gasteiger partial charge in [0, 0.05) is 49.9 Å². The van der Waals surface area contributed by atoms with Gasteiger partial charge >= 0.3 is 0 Å². The molecular formula is C47H60IrN3O2-. The third kappa shape index (κ3) is 11.8. The van der Waals surface area contributed by atoms with Crippen LogP contribution in [0.25, 0.3) is 38.6 Å². The minimum atomic E-state index is 0.